The molecule has 11 heavy (non-hydrogen) atoms. The van der Waals surface area contributed by atoms with Gasteiger partial charge in [-0.2, -0.15) is 11.8 Å². The standard InChI is InChI=1S/C9H17NS/c1-9(2-3-9)4-5-10-8-6-11-7-8/h8,10H,2-7H2,1H3. The van der Waals surface area contributed by atoms with E-state index in [0.717, 1.165) is 11.5 Å². The minimum absolute atomic E-state index is 0.740. The van der Waals surface area contributed by atoms with Gasteiger partial charge in [0, 0.05) is 17.5 Å². The van der Waals surface area contributed by atoms with E-state index in [1.54, 1.807) is 0 Å². The first kappa shape index (κ1) is 7.93. The highest BCUT2D eigenvalue weighted by molar-refractivity contribution is 8.00. The molecule has 0 atom stereocenters. The fourth-order valence-corrected chi connectivity index (χ4v) is 2.10. The van der Waals surface area contributed by atoms with Crippen molar-refractivity contribution in [1.29, 1.82) is 0 Å². The molecule has 0 amide bonds. The Labute approximate surface area is 73.3 Å². The van der Waals surface area contributed by atoms with E-state index >= 15 is 0 Å². The minimum Gasteiger partial charge on any atom is -0.312 e. The normalized spacial score (nSPS) is 28.1. The Morgan fingerprint density at radius 3 is 2.64 bits per heavy atom. The molecular weight excluding hydrogens is 154 g/mol. The van der Waals surface area contributed by atoms with Crippen molar-refractivity contribution in [3.63, 3.8) is 0 Å². The van der Waals surface area contributed by atoms with Gasteiger partial charge in [0.15, 0.2) is 0 Å². The monoisotopic (exact) mass is 171 g/mol. The van der Waals surface area contributed by atoms with Crippen molar-refractivity contribution in [2.75, 3.05) is 18.1 Å². The van der Waals surface area contributed by atoms with Crippen LogP contribution in [-0.4, -0.2) is 24.1 Å². The molecule has 1 aliphatic heterocycles. The van der Waals surface area contributed by atoms with E-state index < -0.39 is 0 Å². The molecule has 1 N–H and O–H groups in total. The highest BCUT2D eigenvalue weighted by Crippen LogP contribution is 2.47. The predicted octanol–water partition coefficient (Wildman–Crippen LogP) is 1.88. The zero-order chi connectivity index (χ0) is 7.73. The minimum atomic E-state index is 0.740. The predicted molar refractivity (Wildman–Crippen MR) is 51.1 cm³/mol. The molecule has 0 unspecified atom stereocenters. The van der Waals surface area contributed by atoms with Crippen molar-refractivity contribution in [2.24, 2.45) is 5.41 Å². The molecular formula is C9H17NS. The van der Waals surface area contributed by atoms with Gasteiger partial charge in [-0.3, -0.25) is 0 Å². The van der Waals surface area contributed by atoms with E-state index in [9.17, 15) is 0 Å². The fourth-order valence-electron chi connectivity index (χ4n) is 1.40. The summed E-state index contributed by atoms with van der Waals surface area (Å²) in [5, 5.41) is 3.59. The highest BCUT2D eigenvalue weighted by atomic mass is 32.2. The molecule has 0 aromatic rings. The number of hydrogen-bond acceptors (Lipinski definition) is 2. The van der Waals surface area contributed by atoms with E-state index in [4.69, 9.17) is 0 Å². The van der Waals surface area contributed by atoms with Crippen LogP contribution in [0.3, 0.4) is 0 Å². The van der Waals surface area contributed by atoms with Gasteiger partial charge in [-0.1, -0.05) is 6.92 Å². The summed E-state index contributed by atoms with van der Waals surface area (Å²) in [6, 6.07) is 0.849. The number of thioether (sulfide) groups is 1. The third-order valence-corrected chi connectivity index (χ3v) is 4.18. The smallest absolute Gasteiger partial charge is 0.0248 e. The van der Waals surface area contributed by atoms with Gasteiger partial charge in [0.1, 0.15) is 0 Å². The summed E-state index contributed by atoms with van der Waals surface area (Å²) >= 11 is 2.06. The Morgan fingerprint density at radius 1 is 1.45 bits per heavy atom. The quantitative estimate of drug-likeness (QED) is 0.693. The van der Waals surface area contributed by atoms with Gasteiger partial charge < -0.3 is 5.32 Å². The first-order valence-electron chi connectivity index (χ1n) is 4.60. The summed E-state index contributed by atoms with van der Waals surface area (Å²) in [6.07, 6.45) is 4.33. The summed E-state index contributed by atoms with van der Waals surface area (Å²) in [5.41, 5.74) is 0.740. The van der Waals surface area contributed by atoms with Crippen LogP contribution in [0.5, 0.6) is 0 Å². The van der Waals surface area contributed by atoms with Crippen LogP contribution in [0.15, 0.2) is 0 Å². The molecule has 2 aliphatic rings. The lowest BCUT2D eigenvalue weighted by atomic mass is 10.1. The summed E-state index contributed by atoms with van der Waals surface area (Å²) in [4.78, 5) is 0. The summed E-state index contributed by atoms with van der Waals surface area (Å²) in [7, 11) is 0. The third kappa shape index (κ3) is 2.12. The average molecular weight is 171 g/mol. The molecule has 0 radical (unpaired) electrons. The van der Waals surface area contributed by atoms with Crippen molar-refractivity contribution >= 4 is 11.8 Å². The van der Waals surface area contributed by atoms with Crippen LogP contribution in [0.2, 0.25) is 0 Å². The summed E-state index contributed by atoms with van der Waals surface area (Å²) in [6.45, 7) is 3.66. The maximum atomic E-state index is 3.59. The SMILES string of the molecule is CC1(CCNC2CSC2)CC1. The molecule has 0 spiro atoms. The van der Waals surface area contributed by atoms with Gasteiger partial charge in [-0.25, -0.2) is 0 Å². The highest BCUT2D eigenvalue weighted by Gasteiger charge is 2.36. The maximum absolute atomic E-state index is 3.59. The molecule has 0 bridgehead atoms. The van der Waals surface area contributed by atoms with Gasteiger partial charge in [-0.05, 0) is 31.2 Å². The lowest BCUT2D eigenvalue weighted by Crippen LogP contribution is -2.41. The zero-order valence-electron chi connectivity index (χ0n) is 7.23. The average Bonchev–Trinajstić information content (AvgIpc) is 2.57. The Balaban J connectivity index is 1.53. The first-order valence-corrected chi connectivity index (χ1v) is 5.75. The van der Waals surface area contributed by atoms with Crippen molar-refractivity contribution in [3.8, 4) is 0 Å². The Morgan fingerprint density at radius 2 is 2.18 bits per heavy atom. The van der Waals surface area contributed by atoms with Crippen LogP contribution >= 0.6 is 11.8 Å². The van der Waals surface area contributed by atoms with Crippen LogP contribution in [0.1, 0.15) is 26.2 Å². The molecule has 0 aromatic carbocycles. The van der Waals surface area contributed by atoms with Crippen LogP contribution in [-0.2, 0) is 0 Å². The lowest BCUT2D eigenvalue weighted by Gasteiger charge is -2.26. The topological polar surface area (TPSA) is 12.0 Å². The molecule has 1 heterocycles. The van der Waals surface area contributed by atoms with E-state index in [-0.39, 0.29) is 0 Å². The van der Waals surface area contributed by atoms with Crippen molar-refractivity contribution < 1.29 is 0 Å². The molecule has 1 aliphatic carbocycles. The largest absolute Gasteiger partial charge is 0.312 e. The number of nitrogens with one attached hydrogen (secondary N) is 1. The zero-order valence-corrected chi connectivity index (χ0v) is 8.04. The van der Waals surface area contributed by atoms with Gasteiger partial charge in [0.25, 0.3) is 0 Å². The molecule has 2 heteroatoms. The molecule has 1 saturated heterocycles. The van der Waals surface area contributed by atoms with Crippen LogP contribution in [0.25, 0.3) is 0 Å². The number of hydrogen-bond donors (Lipinski definition) is 1. The van der Waals surface area contributed by atoms with Crippen LogP contribution in [0.4, 0.5) is 0 Å². The Bertz CT molecular complexity index is 138. The first-order chi connectivity index (χ1) is 5.29. The van der Waals surface area contributed by atoms with E-state index in [1.165, 1.54) is 37.3 Å². The van der Waals surface area contributed by atoms with E-state index in [2.05, 4.69) is 24.0 Å². The van der Waals surface area contributed by atoms with Gasteiger partial charge in [0.05, 0.1) is 0 Å². The molecule has 2 rings (SSSR count). The van der Waals surface area contributed by atoms with Crippen LogP contribution in [0, 0.1) is 5.41 Å². The second-order valence-electron chi connectivity index (χ2n) is 4.25. The molecule has 64 valence electrons. The molecule has 1 nitrogen and oxygen atoms in total. The van der Waals surface area contributed by atoms with Gasteiger partial charge in [0.2, 0.25) is 0 Å². The maximum Gasteiger partial charge on any atom is 0.0248 e. The summed E-state index contributed by atoms with van der Waals surface area (Å²) in [5.74, 6) is 2.69. The lowest BCUT2D eigenvalue weighted by molar-refractivity contribution is 0.463. The number of rotatable bonds is 4. The molecule has 0 aromatic heterocycles. The van der Waals surface area contributed by atoms with Gasteiger partial charge in [-0.15, -0.1) is 0 Å². The van der Waals surface area contributed by atoms with Crippen molar-refractivity contribution in [1.82, 2.24) is 5.32 Å². The second kappa shape index (κ2) is 2.98. The molecule has 2 fully saturated rings. The Hall–Kier alpha value is 0.310. The van der Waals surface area contributed by atoms with E-state index in [1.807, 2.05) is 0 Å². The summed E-state index contributed by atoms with van der Waals surface area (Å²) < 4.78 is 0. The second-order valence-corrected chi connectivity index (χ2v) is 5.32. The Kier molecular flexibility index (Phi) is 2.15. The van der Waals surface area contributed by atoms with Crippen molar-refractivity contribution in [2.45, 2.75) is 32.2 Å². The molecule has 1 saturated carbocycles. The van der Waals surface area contributed by atoms with Gasteiger partial charge >= 0.3 is 0 Å². The van der Waals surface area contributed by atoms with E-state index in [0.29, 0.717) is 0 Å². The van der Waals surface area contributed by atoms with Crippen molar-refractivity contribution in [3.05, 3.63) is 0 Å². The van der Waals surface area contributed by atoms with Crippen LogP contribution < -0.4 is 5.32 Å². The fraction of sp³-hybridized carbons (Fsp3) is 1.00. The third-order valence-electron chi connectivity index (χ3n) is 2.90.